The fraction of sp³-hybridized carbons (Fsp3) is 0.250. The van der Waals surface area contributed by atoms with Gasteiger partial charge in [0.25, 0.3) is 0 Å². The van der Waals surface area contributed by atoms with Gasteiger partial charge < -0.3 is 24.7 Å². The van der Waals surface area contributed by atoms with Gasteiger partial charge in [0.1, 0.15) is 17.3 Å². The molecule has 0 amide bonds. The standard InChI is InChI=1S/C28H27F3N4O2/c1-19(34-23-4-2-3-21(16-23)28(29,30)31)35-12-8-20-15-25(5-6-27(20)35)37-26-7-11-32-24(17-26)18-33-22-9-13-36-14-10-22/h2-8,11-12,15-17,22,33-34H,1,9-10,13-14,18H2. The van der Waals surface area contributed by atoms with E-state index in [0.29, 0.717) is 35.6 Å². The maximum Gasteiger partial charge on any atom is 0.416 e. The maximum atomic E-state index is 13.0. The largest absolute Gasteiger partial charge is 0.457 e. The number of fused-ring (bicyclic) bond motifs is 1. The normalized spacial score (nSPS) is 14.6. The van der Waals surface area contributed by atoms with Crippen molar-refractivity contribution in [2.24, 2.45) is 0 Å². The number of hydrogen-bond donors (Lipinski definition) is 2. The van der Waals surface area contributed by atoms with E-state index in [1.807, 2.05) is 42.6 Å². The highest BCUT2D eigenvalue weighted by Crippen LogP contribution is 2.32. The lowest BCUT2D eigenvalue weighted by Crippen LogP contribution is -2.34. The van der Waals surface area contributed by atoms with Crippen LogP contribution in [0.3, 0.4) is 0 Å². The minimum absolute atomic E-state index is 0.307. The monoisotopic (exact) mass is 508 g/mol. The van der Waals surface area contributed by atoms with E-state index < -0.39 is 11.7 Å². The lowest BCUT2D eigenvalue weighted by molar-refractivity contribution is -0.137. The van der Waals surface area contributed by atoms with Gasteiger partial charge in [0.2, 0.25) is 0 Å². The van der Waals surface area contributed by atoms with Gasteiger partial charge in [0.15, 0.2) is 0 Å². The molecule has 0 atom stereocenters. The van der Waals surface area contributed by atoms with Crippen molar-refractivity contribution in [3.63, 3.8) is 0 Å². The van der Waals surface area contributed by atoms with Crippen LogP contribution in [0.1, 0.15) is 24.1 Å². The number of anilines is 1. The molecule has 2 aromatic carbocycles. The second-order valence-electron chi connectivity index (χ2n) is 8.91. The average molecular weight is 509 g/mol. The Balaban J connectivity index is 1.25. The maximum absolute atomic E-state index is 13.0. The minimum atomic E-state index is -4.41. The Morgan fingerprint density at radius 2 is 1.86 bits per heavy atom. The van der Waals surface area contributed by atoms with Crippen LogP contribution in [0.25, 0.3) is 16.7 Å². The summed E-state index contributed by atoms with van der Waals surface area (Å²) < 4.78 is 52.4. The third-order valence-corrected chi connectivity index (χ3v) is 6.25. The van der Waals surface area contributed by atoms with E-state index in [4.69, 9.17) is 9.47 Å². The number of benzene rings is 2. The first-order valence-corrected chi connectivity index (χ1v) is 12.0. The molecule has 0 radical (unpaired) electrons. The summed E-state index contributed by atoms with van der Waals surface area (Å²) in [6.07, 6.45) is 1.13. The van der Waals surface area contributed by atoms with Crippen molar-refractivity contribution in [1.29, 1.82) is 0 Å². The van der Waals surface area contributed by atoms with Crippen LogP contribution in [0, 0.1) is 0 Å². The van der Waals surface area contributed by atoms with E-state index >= 15 is 0 Å². The molecule has 0 bridgehead atoms. The first kappa shape index (κ1) is 24.9. The fourth-order valence-corrected chi connectivity index (χ4v) is 4.32. The Kier molecular flexibility index (Phi) is 7.16. The SMILES string of the molecule is C=C(Nc1cccc(C(F)(F)F)c1)n1ccc2cc(Oc3ccnc(CNC4CCOCC4)c3)ccc21. The summed E-state index contributed by atoms with van der Waals surface area (Å²) in [5.41, 5.74) is 1.32. The summed E-state index contributed by atoms with van der Waals surface area (Å²) in [6, 6.07) is 16.7. The van der Waals surface area contributed by atoms with E-state index in [9.17, 15) is 13.2 Å². The van der Waals surface area contributed by atoms with Crippen LogP contribution in [0.4, 0.5) is 18.9 Å². The number of aromatic nitrogens is 2. The number of hydrogen-bond acceptors (Lipinski definition) is 5. The average Bonchev–Trinajstić information content (AvgIpc) is 3.31. The van der Waals surface area contributed by atoms with Crippen LogP contribution in [-0.2, 0) is 17.5 Å². The van der Waals surface area contributed by atoms with Gasteiger partial charge >= 0.3 is 6.18 Å². The molecule has 6 nitrogen and oxygen atoms in total. The molecule has 1 fully saturated rings. The van der Waals surface area contributed by atoms with E-state index in [1.165, 1.54) is 6.07 Å². The summed E-state index contributed by atoms with van der Waals surface area (Å²) in [7, 11) is 0. The molecule has 0 spiro atoms. The fourth-order valence-electron chi connectivity index (χ4n) is 4.32. The lowest BCUT2D eigenvalue weighted by Gasteiger charge is -2.23. The van der Waals surface area contributed by atoms with Gasteiger partial charge in [-0.3, -0.25) is 4.98 Å². The molecule has 1 aliphatic rings. The first-order chi connectivity index (χ1) is 17.8. The van der Waals surface area contributed by atoms with Crippen LogP contribution < -0.4 is 15.4 Å². The number of rotatable bonds is 8. The first-order valence-electron chi connectivity index (χ1n) is 12.0. The van der Waals surface area contributed by atoms with E-state index in [1.54, 1.807) is 16.8 Å². The quantitative estimate of drug-likeness (QED) is 0.279. The predicted octanol–water partition coefficient (Wildman–Crippen LogP) is 6.66. The van der Waals surface area contributed by atoms with Crippen molar-refractivity contribution in [3.8, 4) is 11.5 Å². The Morgan fingerprint density at radius 3 is 2.68 bits per heavy atom. The number of halogens is 3. The lowest BCUT2D eigenvalue weighted by atomic mass is 10.1. The van der Waals surface area contributed by atoms with E-state index in [2.05, 4.69) is 22.2 Å². The third-order valence-electron chi connectivity index (χ3n) is 6.25. The number of alkyl halides is 3. The molecule has 0 unspecified atom stereocenters. The van der Waals surface area contributed by atoms with Crippen molar-refractivity contribution >= 4 is 22.4 Å². The molecule has 0 aliphatic carbocycles. The van der Waals surface area contributed by atoms with Crippen LogP contribution in [0.5, 0.6) is 11.5 Å². The Morgan fingerprint density at radius 1 is 1.05 bits per heavy atom. The van der Waals surface area contributed by atoms with Crippen molar-refractivity contribution in [1.82, 2.24) is 14.9 Å². The van der Waals surface area contributed by atoms with Crippen LogP contribution >= 0.6 is 0 Å². The molecule has 1 saturated heterocycles. The highest BCUT2D eigenvalue weighted by atomic mass is 19.4. The molecule has 3 heterocycles. The van der Waals surface area contributed by atoms with E-state index in [-0.39, 0.29) is 0 Å². The summed E-state index contributed by atoms with van der Waals surface area (Å²) in [5, 5.41) is 7.39. The zero-order chi connectivity index (χ0) is 25.8. The predicted molar refractivity (Wildman–Crippen MR) is 137 cm³/mol. The van der Waals surface area contributed by atoms with Gasteiger partial charge in [-0.1, -0.05) is 12.6 Å². The van der Waals surface area contributed by atoms with Crippen molar-refractivity contribution in [2.75, 3.05) is 18.5 Å². The number of pyridine rings is 1. The minimum Gasteiger partial charge on any atom is -0.457 e. The molecular formula is C28H27F3N4O2. The van der Waals surface area contributed by atoms with E-state index in [0.717, 1.165) is 54.8 Å². The summed E-state index contributed by atoms with van der Waals surface area (Å²) in [4.78, 5) is 4.44. The molecule has 0 saturated carbocycles. The van der Waals surface area contributed by atoms with Gasteiger partial charge in [-0.15, -0.1) is 0 Å². The van der Waals surface area contributed by atoms with Crippen LogP contribution in [0.15, 0.2) is 79.6 Å². The van der Waals surface area contributed by atoms with Gasteiger partial charge in [0.05, 0.1) is 16.8 Å². The van der Waals surface area contributed by atoms with Crippen LogP contribution in [0.2, 0.25) is 0 Å². The second-order valence-corrected chi connectivity index (χ2v) is 8.91. The zero-order valence-electron chi connectivity index (χ0n) is 20.1. The molecule has 192 valence electrons. The summed E-state index contributed by atoms with van der Waals surface area (Å²) in [5.74, 6) is 1.78. The molecule has 2 N–H and O–H groups in total. The van der Waals surface area contributed by atoms with Crippen molar-refractivity contribution in [3.05, 3.63) is 90.9 Å². The Hall–Kier alpha value is -3.82. The van der Waals surface area contributed by atoms with Gasteiger partial charge in [0, 0.05) is 55.3 Å². The van der Waals surface area contributed by atoms with Gasteiger partial charge in [-0.2, -0.15) is 13.2 Å². The number of nitrogens with zero attached hydrogens (tertiary/aromatic N) is 2. The highest BCUT2D eigenvalue weighted by Gasteiger charge is 2.30. The van der Waals surface area contributed by atoms with Gasteiger partial charge in [-0.05, 0) is 61.4 Å². The highest BCUT2D eigenvalue weighted by molar-refractivity contribution is 5.86. The second kappa shape index (κ2) is 10.7. The third kappa shape index (κ3) is 6.12. The summed E-state index contributed by atoms with van der Waals surface area (Å²) >= 11 is 0. The van der Waals surface area contributed by atoms with Crippen molar-refractivity contribution < 1.29 is 22.6 Å². The van der Waals surface area contributed by atoms with Crippen LogP contribution in [-0.4, -0.2) is 28.8 Å². The topological polar surface area (TPSA) is 60.3 Å². The van der Waals surface area contributed by atoms with Crippen molar-refractivity contribution in [2.45, 2.75) is 31.6 Å². The molecule has 1 aliphatic heterocycles. The number of nitrogens with one attached hydrogen (secondary N) is 2. The molecule has 4 aromatic rings. The molecule has 37 heavy (non-hydrogen) atoms. The van der Waals surface area contributed by atoms with Gasteiger partial charge in [-0.25, -0.2) is 0 Å². The summed E-state index contributed by atoms with van der Waals surface area (Å²) in [6.45, 7) is 6.23. The Bertz CT molecular complexity index is 1390. The smallest absolute Gasteiger partial charge is 0.416 e. The molecule has 2 aromatic heterocycles. The Labute approximate surface area is 212 Å². The molecule has 9 heteroatoms. The zero-order valence-corrected chi connectivity index (χ0v) is 20.1. The molecular weight excluding hydrogens is 481 g/mol. The molecule has 5 rings (SSSR count). The number of ether oxygens (including phenoxy) is 2.